The summed E-state index contributed by atoms with van der Waals surface area (Å²) in [6.45, 7) is 8.55. The molecule has 7 nitrogen and oxygen atoms in total. The summed E-state index contributed by atoms with van der Waals surface area (Å²) in [7, 11) is 4.50. The minimum absolute atomic E-state index is 0.201. The highest BCUT2D eigenvalue weighted by atomic mass is 16.6. The van der Waals surface area contributed by atoms with Crippen LogP contribution in [0.4, 0.5) is 0 Å². The molecule has 0 aliphatic carbocycles. The van der Waals surface area contributed by atoms with Gasteiger partial charge < -0.3 is 23.7 Å². The third kappa shape index (κ3) is 7.97. The highest BCUT2D eigenvalue weighted by Crippen LogP contribution is 2.35. The summed E-state index contributed by atoms with van der Waals surface area (Å²) in [5.41, 5.74) is 0.264. The summed E-state index contributed by atoms with van der Waals surface area (Å²) in [6.07, 6.45) is 2.79. The van der Waals surface area contributed by atoms with Gasteiger partial charge >= 0.3 is 11.9 Å². The molecule has 0 amide bonds. The van der Waals surface area contributed by atoms with Crippen molar-refractivity contribution in [2.75, 3.05) is 34.5 Å². The Morgan fingerprint density at radius 3 is 1.60 bits per heavy atom. The Balaban J connectivity index is 3.26. The Morgan fingerprint density at radius 1 is 0.767 bits per heavy atom. The van der Waals surface area contributed by atoms with Crippen molar-refractivity contribution < 1.29 is 33.3 Å². The molecule has 0 saturated carbocycles. The molecule has 30 heavy (non-hydrogen) atoms. The molecule has 0 radical (unpaired) electrons. The van der Waals surface area contributed by atoms with Gasteiger partial charge in [0.15, 0.2) is 11.5 Å². The average molecular weight is 423 g/mol. The van der Waals surface area contributed by atoms with Crippen LogP contribution in [0.2, 0.25) is 0 Å². The highest BCUT2D eigenvalue weighted by molar-refractivity contribution is 6.17. The van der Waals surface area contributed by atoms with Gasteiger partial charge in [-0.3, -0.25) is 0 Å². The zero-order valence-electron chi connectivity index (χ0n) is 19.1. The van der Waals surface area contributed by atoms with Crippen molar-refractivity contribution in [1.82, 2.24) is 0 Å². The van der Waals surface area contributed by atoms with Crippen molar-refractivity contribution in [3.8, 4) is 17.2 Å². The molecule has 0 heterocycles. The van der Waals surface area contributed by atoms with E-state index in [-0.39, 0.29) is 18.8 Å². The van der Waals surface area contributed by atoms with Crippen LogP contribution in [0.5, 0.6) is 17.2 Å². The van der Waals surface area contributed by atoms with Crippen molar-refractivity contribution in [2.45, 2.75) is 40.5 Å². The Bertz CT molecular complexity index is 707. The number of carbonyl (C=O) groups excluding carboxylic acids is 2. The second-order valence-corrected chi connectivity index (χ2v) is 7.64. The summed E-state index contributed by atoms with van der Waals surface area (Å²) >= 11 is 0. The van der Waals surface area contributed by atoms with Gasteiger partial charge in [-0.25, -0.2) is 9.59 Å². The fourth-order valence-corrected chi connectivity index (χ4v) is 2.45. The second-order valence-electron chi connectivity index (χ2n) is 7.64. The van der Waals surface area contributed by atoms with Crippen LogP contribution in [0.3, 0.4) is 0 Å². The fourth-order valence-electron chi connectivity index (χ4n) is 2.45. The summed E-state index contributed by atoms with van der Waals surface area (Å²) in [5.74, 6) is 0.583. The third-order valence-corrected chi connectivity index (χ3v) is 4.33. The molecule has 0 unspecified atom stereocenters. The predicted molar refractivity (Wildman–Crippen MR) is 115 cm³/mol. The van der Waals surface area contributed by atoms with Gasteiger partial charge in [-0.2, -0.15) is 0 Å². The van der Waals surface area contributed by atoms with Crippen molar-refractivity contribution in [1.29, 1.82) is 0 Å². The van der Waals surface area contributed by atoms with Crippen molar-refractivity contribution in [3.05, 3.63) is 23.3 Å². The van der Waals surface area contributed by atoms with E-state index in [1.165, 1.54) is 27.4 Å². The zero-order valence-corrected chi connectivity index (χ0v) is 19.1. The highest BCUT2D eigenvalue weighted by Gasteiger charge is 2.23. The summed E-state index contributed by atoms with van der Waals surface area (Å²) in [6, 6.07) is 3.25. The van der Waals surface area contributed by atoms with Gasteiger partial charge in [0.05, 0.1) is 34.5 Å². The molecule has 0 spiro atoms. The lowest BCUT2D eigenvalue weighted by Gasteiger charge is -2.14. The number of benzene rings is 1. The number of rotatable bonds is 12. The molecule has 0 aliphatic heterocycles. The molecule has 0 aliphatic rings. The SMILES string of the molecule is COc1cc(OC)c(OC)cc1C=C(C(=O)OCCC(C)C)C(=O)OCCC(C)C. The molecule has 168 valence electrons. The number of hydrogen-bond acceptors (Lipinski definition) is 7. The zero-order chi connectivity index (χ0) is 22.7. The number of carbonyl (C=O) groups is 2. The van der Waals surface area contributed by atoms with Gasteiger partial charge in [0.25, 0.3) is 0 Å². The molecule has 1 rings (SSSR count). The Morgan fingerprint density at radius 2 is 1.20 bits per heavy atom. The molecular formula is C23H34O7. The quantitative estimate of drug-likeness (QED) is 0.215. The lowest BCUT2D eigenvalue weighted by atomic mass is 10.1. The Hall–Kier alpha value is -2.70. The lowest BCUT2D eigenvalue weighted by molar-refractivity contribution is -0.147. The summed E-state index contributed by atoms with van der Waals surface area (Å²) < 4.78 is 26.6. The van der Waals surface area contributed by atoms with Crippen LogP contribution in [0, 0.1) is 11.8 Å². The van der Waals surface area contributed by atoms with E-state index >= 15 is 0 Å². The first-order valence-corrected chi connectivity index (χ1v) is 10.1. The maximum absolute atomic E-state index is 12.7. The molecule has 0 saturated heterocycles. The topological polar surface area (TPSA) is 80.3 Å². The number of hydrogen-bond donors (Lipinski definition) is 0. The van der Waals surface area contributed by atoms with Gasteiger partial charge in [0, 0.05) is 11.6 Å². The largest absolute Gasteiger partial charge is 0.496 e. The second kappa shape index (κ2) is 12.8. The van der Waals surface area contributed by atoms with Gasteiger partial charge in [0.2, 0.25) is 0 Å². The monoisotopic (exact) mass is 422 g/mol. The molecule has 1 aromatic rings. The number of esters is 2. The lowest BCUT2D eigenvalue weighted by Crippen LogP contribution is -2.20. The first-order chi connectivity index (χ1) is 14.2. The molecule has 0 bridgehead atoms. The van der Waals surface area contributed by atoms with E-state index in [1.54, 1.807) is 12.1 Å². The molecule has 0 N–H and O–H groups in total. The van der Waals surface area contributed by atoms with Crippen molar-refractivity contribution in [3.63, 3.8) is 0 Å². The van der Waals surface area contributed by atoms with Crippen LogP contribution in [0.15, 0.2) is 17.7 Å². The van der Waals surface area contributed by atoms with Gasteiger partial charge in [0.1, 0.15) is 11.3 Å². The standard InChI is InChI=1S/C23H34O7/c1-15(2)8-10-29-22(24)18(23(25)30-11-9-16(3)4)12-17-13-20(27-6)21(28-7)14-19(17)26-5/h12-16H,8-11H2,1-7H3. The van der Waals surface area contributed by atoms with E-state index < -0.39 is 11.9 Å². The van der Waals surface area contributed by atoms with Crippen LogP contribution in [-0.4, -0.2) is 46.5 Å². The van der Waals surface area contributed by atoms with E-state index in [0.717, 1.165) is 0 Å². The average Bonchev–Trinajstić information content (AvgIpc) is 2.70. The molecular weight excluding hydrogens is 388 g/mol. The van der Waals surface area contributed by atoms with Crippen molar-refractivity contribution >= 4 is 18.0 Å². The first-order valence-electron chi connectivity index (χ1n) is 10.1. The molecule has 0 atom stereocenters. The van der Waals surface area contributed by atoms with E-state index in [0.29, 0.717) is 47.5 Å². The van der Waals surface area contributed by atoms with Gasteiger partial charge in [-0.1, -0.05) is 27.7 Å². The minimum atomic E-state index is -0.734. The van der Waals surface area contributed by atoms with E-state index in [1.807, 2.05) is 27.7 Å². The molecule has 1 aromatic carbocycles. The number of methoxy groups -OCH3 is 3. The van der Waals surface area contributed by atoms with Crippen LogP contribution >= 0.6 is 0 Å². The smallest absolute Gasteiger partial charge is 0.345 e. The fraction of sp³-hybridized carbons (Fsp3) is 0.565. The summed E-state index contributed by atoms with van der Waals surface area (Å²) in [5, 5.41) is 0. The maximum atomic E-state index is 12.7. The van der Waals surface area contributed by atoms with E-state index in [2.05, 4.69) is 0 Å². The van der Waals surface area contributed by atoms with E-state index in [4.69, 9.17) is 23.7 Å². The van der Waals surface area contributed by atoms with Crippen LogP contribution in [0.25, 0.3) is 6.08 Å². The normalized spacial score (nSPS) is 10.6. The van der Waals surface area contributed by atoms with Gasteiger partial charge in [-0.05, 0) is 36.8 Å². The first kappa shape index (κ1) is 25.3. The number of ether oxygens (including phenoxy) is 5. The Labute approximate surface area is 179 Å². The molecule has 7 heteroatoms. The molecule has 0 aromatic heterocycles. The molecule has 0 fully saturated rings. The predicted octanol–water partition coefficient (Wildman–Crippen LogP) is 4.27. The Kier molecular flexibility index (Phi) is 10.8. The van der Waals surface area contributed by atoms with Crippen LogP contribution < -0.4 is 14.2 Å². The summed E-state index contributed by atoms with van der Waals surface area (Å²) in [4.78, 5) is 25.3. The van der Waals surface area contributed by atoms with Crippen molar-refractivity contribution in [2.24, 2.45) is 11.8 Å². The minimum Gasteiger partial charge on any atom is -0.496 e. The third-order valence-electron chi connectivity index (χ3n) is 4.33. The van der Waals surface area contributed by atoms with Gasteiger partial charge in [-0.15, -0.1) is 0 Å². The van der Waals surface area contributed by atoms with E-state index in [9.17, 15) is 9.59 Å². The van der Waals surface area contributed by atoms with Crippen LogP contribution in [0.1, 0.15) is 46.1 Å². The maximum Gasteiger partial charge on any atom is 0.345 e. The van der Waals surface area contributed by atoms with Crippen LogP contribution in [-0.2, 0) is 19.1 Å².